The summed E-state index contributed by atoms with van der Waals surface area (Å²) in [5.74, 6) is 0.555. The SMILES string of the molecule is CCC(C)NC(N)=NCC(C)(C)N1CCc2ccccc2C1.I. The molecule has 0 radical (unpaired) electrons. The molecule has 0 fully saturated rings. The summed E-state index contributed by atoms with van der Waals surface area (Å²) < 4.78 is 0. The van der Waals surface area contributed by atoms with Crippen LogP contribution >= 0.6 is 24.0 Å². The fourth-order valence-corrected chi connectivity index (χ4v) is 2.79. The molecule has 23 heavy (non-hydrogen) atoms. The van der Waals surface area contributed by atoms with Gasteiger partial charge < -0.3 is 11.1 Å². The van der Waals surface area contributed by atoms with Gasteiger partial charge in [0.25, 0.3) is 0 Å². The Morgan fingerprint density at radius 2 is 2.00 bits per heavy atom. The molecule has 1 unspecified atom stereocenters. The van der Waals surface area contributed by atoms with Crippen molar-refractivity contribution in [2.45, 2.75) is 58.7 Å². The molecule has 1 aliphatic rings. The lowest BCUT2D eigenvalue weighted by Gasteiger charge is -2.40. The van der Waals surface area contributed by atoms with Crippen molar-refractivity contribution in [2.24, 2.45) is 10.7 Å². The maximum absolute atomic E-state index is 5.98. The summed E-state index contributed by atoms with van der Waals surface area (Å²) in [6.45, 7) is 11.6. The molecule has 2 rings (SSSR count). The van der Waals surface area contributed by atoms with Crippen LogP contribution in [0.5, 0.6) is 0 Å². The minimum Gasteiger partial charge on any atom is -0.370 e. The summed E-state index contributed by atoms with van der Waals surface area (Å²) in [6.07, 6.45) is 2.16. The van der Waals surface area contributed by atoms with Gasteiger partial charge in [0.2, 0.25) is 0 Å². The molecular formula is C18H31IN4. The largest absolute Gasteiger partial charge is 0.370 e. The Balaban J connectivity index is 0.00000264. The lowest BCUT2D eigenvalue weighted by molar-refractivity contribution is 0.112. The second-order valence-electron chi connectivity index (χ2n) is 6.91. The summed E-state index contributed by atoms with van der Waals surface area (Å²) in [4.78, 5) is 7.07. The van der Waals surface area contributed by atoms with E-state index in [2.05, 4.69) is 67.2 Å². The van der Waals surface area contributed by atoms with Gasteiger partial charge in [0.1, 0.15) is 0 Å². The molecule has 1 aliphatic heterocycles. The molecule has 1 heterocycles. The fraction of sp³-hybridized carbons (Fsp3) is 0.611. The minimum atomic E-state index is 0. The van der Waals surface area contributed by atoms with E-state index in [9.17, 15) is 0 Å². The van der Waals surface area contributed by atoms with E-state index in [1.54, 1.807) is 0 Å². The van der Waals surface area contributed by atoms with Gasteiger partial charge in [-0.25, -0.2) is 0 Å². The quantitative estimate of drug-likeness (QED) is 0.429. The highest BCUT2D eigenvalue weighted by atomic mass is 127. The van der Waals surface area contributed by atoms with Crippen LogP contribution in [0.3, 0.4) is 0 Å². The average molecular weight is 430 g/mol. The molecule has 0 spiro atoms. The van der Waals surface area contributed by atoms with Crippen LogP contribution in [-0.4, -0.2) is 35.5 Å². The van der Waals surface area contributed by atoms with Crippen molar-refractivity contribution in [1.82, 2.24) is 10.2 Å². The molecule has 3 N–H and O–H groups in total. The number of rotatable bonds is 5. The van der Waals surface area contributed by atoms with Crippen LogP contribution < -0.4 is 11.1 Å². The van der Waals surface area contributed by atoms with Crippen molar-refractivity contribution < 1.29 is 0 Å². The van der Waals surface area contributed by atoms with Crippen molar-refractivity contribution in [1.29, 1.82) is 0 Å². The number of nitrogens with one attached hydrogen (secondary N) is 1. The lowest BCUT2D eigenvalue weighted by atomic mass is 9.94. The molecule has 1 atom stereocenters. The predicted molar refractivity (Wildman–Crippen MR) is 109 cm³/mol. The number of aliphatic imine (C=N–C) groups is 1. The molecule has 0 bridgehead atoms. The Morgan fingerprint density at radius 3 is 2.65 bits per heavy atom. The number of guanidine groups is 1. The summed E-state index contributed by atoms with van der Waals surface area (Å²) in [5, 5.41) is 3.23. The zero-order chi connectivity index (χ0) is 16.2. The van der Waals surface area contributed by atoms with Crippen LogP contribution in [0.25, 0.3) is 0 Å². The van der Waals surface area contributed by atoms with Gasteiger partial charge in [0, 0.05) is 24.7 Å². The molecule has 0 saturated heterocycles. The van der Waals surface area contributed by atoms with E-state index in [0.29, 0.717) is 18.5 Å². The molecule has 0 saturated carbocycles. The zero-order valence-corrected chi connectivity index (χ0v) is 17.1. The van der Waals surface area contributed by atoms with Crippen LogP contribution in [0.2, 0.25) is 0 Å². The number of benzene rings is 1. The molecule has 4 nitrogen and oxygen atoms in total. The first-order valence-corrected chi connectivity index (χ1v) is 8.30. The fourth-order valence-electron chi connectivity index (χ4n) is 2.79. The summed E-state index contributed by atoms with van der Waals surface area (Å²) >= 11 is 0. The Bertz CT molecular complexity index is 528. The molecule has 0 aromatic heterocycles. The van der Waals surface area contributed by atoms with Crippen LogP contribution in [0.1, 0.15) is 45.2 Å². The third kappa shape index (κ3) is 5.64. The van der Waals surface area contributed by atoms with Gasteiger partial charge in [-0.05, 0) is 44.7 Å². The number of nitrogens with zero attached hydrogens (tertiary/aromatic N) is 2. The second kappa shape index (κ2) is 8.87. The van der Waals surface area contributed by atoms with Crippen molar-refractivity contribution in [3.63, 3.8) is 0 Å². The lowest BCUT2D eigenvalue weighted by Crippen LogP contribution is -2.49. The summed E-state index contributed by atoms with van der Waals surface area (Å²) in [5.41, 5.74) is 8.92. The van der Waals surface area contributed by atoms with E-state index >= 15 is 0 Å². The van der Waals surface area contributed by atoms with Crippen LogP contribution in [0.4, 0.5) is 0 Å². The van der Waals surface area contributed by atoms with Crippen molar-refractivity contribution >= 4 is 29.9 Å². The van der Waals surface area contributed by atoms with Crippen LogP contribution in [-0.2, 0) is 13.0 Å². The number of hydrogen-bond donors (Lipinski definition) is 2. The van der Waals surface area contributed by atoms with Gasteiger partial charge in [0.05, 0.1) is 6.54 Å². The summed E-state index contributed by atoms with van der Waals surface area (Å²) in [7, 11) is 0. The maximum Gasteiger partial charge on any atom is 0.188 e. The third-order valence-corrected chi connectivity index (χ3v) is 4.63. The first-order chi connectivity index (χ1) is 10.4. The Kier molecular flexibility index (Phi) is 7.80. The molecule has 1 aromatic carbocycles. The number of halogens is 1. The van der Waals surface area contributed by atoms with E-state index in [0.717, 1.165) is 25.9 Å². The third-order valence-electron chi connectivity index (χ3n) is 4.63. The second-order valence-corrected chi connectivity index (χ2v) is 6.91. The monoisotopic (exact) mass is 430 g/mol. The zero-order valence-electron chi connectivity index (χ0n) is 14.8. The van der Waals surface area contributed by atoms with E-state index in [4.69, 9.17) is 5.73 Å². The van der Waals surface area contributed by atoms with Gasteiger partial charge in [-0.2, -0.15) is 0 Å². The smallest absolute Gasteiger partial charge is 0.188 e. The van der Waals surface area contributed by atoms with Gasteiger partial charge in [-0.3, -0.25) is 9.89 Å². The predicted octanol–water partition coefficient (Wildman–Crippen LogP) is 3.14. The van der Waals surface area contributed by atoms with Crippen molar-refractivity contribution in [2.75, 3.05) is 13.1 Å². The topological polar surface area (TPSA) is 53.6 Å². The van der Waals surface area contributed by atoms with Gasteiger partial charge >= 0.3 is 0 Å². The van der Waals surface area contributed by atoms with E-state index in [1.807, 2.05) is 0 Å². The maximum atomic E-state index is 5.98. The number of nitrogens with two attached hydrogens (primary N) is 1. The van der Waals surface area contributed by atoms with Crippen LogP contribution in [0.15, 0.2) is 29.3 Å². The van der Waals surface area contributed by atoms with Gasteiger partial charge in [0.15, 0.2) is 5.96 Å². The molecule has 0 amide bonds. The van der Waals surface area contributed by atoms with Gasteiger partial charge in [-0.15, -0.1) is 24.0 Å². The van der Waals surface area contributed by atoms with Gasteiger partial charge in [-0.1, -0.05) is 31.2 Å². The van der Waals surface area contributed by atoms with Crippen LogP contribution in [0, 0.1) is 0 Å². The highest BCUT2D eigenvalue weighted by Crippen LogP contribution is 2.25. The first-order valence-electron chi connectivity index (χ1n) is 8.30. The Morgan fingerprint density at radius 1 is 1.35 bits per heavy atom. The van der Waals surface area contributed by atoms with E-state index in [-0.39, 0.29) is 29.5 Å². The minimum absolute atomic E-state index is 0. The first kappa shape index (κ1) is 20.2. The molecule has 130 valence electrons. The number of hydrogen-bond acceptors (Lipinski definition) is 2. The normalized spacial score (nSPS) is 17.1. The average Bonchev–Trinajstić information content (AvgIpc) is 2.52. The Labute approximate surface area is 157 Å². The molecule has 5 heteroatoms. The standard InChI is InChI=1S/C18H30N4.HI/c1-5-14(2)21-17(19)20-13-18(3,4)22-11-10-15-8-6-7-9-16(15)12-22;/h6-9,14H,5,10-13H2,1-4H3,(H3,19,20,21);1H. The van der Waals surface area contributed by atoms with E-state index < -0.39 is 0 Å². The van der Waals surface area contributed by atoms with Crippen molar-refractivity contribution in [3.05, 3.63) is 35.4 Å². The van der Waals surface area contributed by atoms with Crippen molar-refractivity contribution in [3.8, 4) is 0 Å². The highest BCUT2D eigenvalue weighted by Gasteiger charge is 2.29. The number of fused-ring (bicyclic) bond motifs is 1. The van der Waals surface area contributed by atoms with E-state index in [1.165, 1.54) is 11.1 Å². The molecule has 1 aromatic rings. The molecule has 0 aliphatic carbocycles. The Hall–Kier alpha value is -0.820. The molecular weight excluding hydrogens is 399 g/mol. The highest BCUT2D eigenvalue weighted by molar-refractivity contribution is 14.0. The summed E-state index contributed by atoms with van der Waals surface area (Å²) in [6, 6.07) is 9.10.